The van der Waals surface area contributed by atoms with Crippen molar-refractivity contribution in [1.29, 1.82) is 0 Å². The number of hydrogen-bond donors (Lipinski definition) is 1. The van der Waals surface area contributed by atoms with Crippen LogP contribution in [0.2, 0.25) is 0 Å². The van der Waals surface area contributed by atoms with Crippen molar-refractivity contribution >= 4 is 17.7 Å². The summed E-state index contributed by atoms with van der Waals surface area (Å²) in [6.45, 7) is 10.1. The highest BCUT2D eigenvalue weighted by atomic mass is 16.5. The molecule has 0 radical (unpaired) electrons. The van der Waals surface area contributed by atoms with Crippen LogP contribution in [-0.2, 0) is 16.1 Å². The van der Waals surface area contributed by atoms with Crippen molar-refractivity contribution < 1.29 is 14.3 Å². The Bertz CT molecular complexity index is 844. The van der Waals surface area contributed by atoms with E-state index in [-0.39, 0.29) is 17.8 Å². The lowest BCUT2D eigenvalue weighted by Gasteiger charge is -2.24. The number of carbonyl (C=O) groups is 2. The average Bonchev–Trinajstić information content (AvgIpc) is 2.85. The molecule has 6 heteroatoms. The maximum absolute atomic E-state index is 12.2. The van der Waals surface area contributed by atoms with Crippen LogP contribution in [-0.4, -0.2) is 21.7 Å². The van der Waals surface area contributed by atoms with Gasteiger partial charge < -0.3 is 10.1 Å². The first-order valence-corrected chi connectivity index (χ1v) is 8.48. The number of carbonyl (C=O) groups excluding carboxylic acids is 2. The van der Waals surface area contributed by atoms with E-state index >= 15 is 0 Å². The van der Waals surface area contributed by atoms with Gasteiger partial charge in [0, 0.05) is 37.1 Å². The SMILES string of the molecule is CCn1nc2c(c1C)C(c1cc(C)c(OC(C)=O)c(C)c1)CC(=O)N2. The number of amides is 1. The summed E-state index contributed by atoms with van der Waals surface area (Å²) in [4.78, 5) is 23.5. The van der Waals surface area contributed by atoms with Crippen LogP contribution < -0.4 is 10.1 Å². The molecule has 0 saturated carbocycles. The van der Waals surface area contributed by atoms with Gasteiger partial charge in [0.25, 0.3) is 0 Å². The van der Waals surface area contributed by atoms with Gasteiger partial charge in [-0.15, -0.1) is 0 Å². The van der Waals surface area contributed by atoms with Crippen LogP contribution >= 0.6 is 0 Å². The maximum Gasteiger partial charge on any atom is 0.308 e. The van der Waals surface area contributed by atoms with Gasteiger partial charge in [-0.2, -0.15) is 5.10 Å². The number of rotatable bonds is 3. The molecule has 0 saturated heterocycles. The molecule has 3 rings (SSSR count). The summed E-state index contributed by atoms with van der Waals surface area (Å²) in [5.74, 6) is 0.835. The minimum absolute atomic E-state index is 0.0300. The zero-order valence-electron chi connectivity index (χ0n) is 15.3. The number of benzene rings is 1. The molecule has 2 aromatic rings. The molecule has 0 spiro atoms. The van der Waals surface area contributed by atoms with E-state index in [1.165, 1.54) is 6.92 Å². The number of anilines is 1. The van der Waals surface area contributed by atoms with Crippen molar-refractivity contribution in [3.05, 3.63) is 40.1 Å². The van der Waals surface area contributed by atoms with E-state index in [9.17, 15) is 9.59 Å². The fourth-order valence-corrected chi connectivity index (χ4v) is 3.62. The van der Waals surface area contributed by atoms with Crippen molar-refractivity contribution in [2.45, 2.75) is 53.5 Å². The molecular weight excluding hydrogens is 318 g/mol. The van der Waals surface area contributed by atoms with Gasteiger partial charge in [0.2, 0.25) is 5.91 Å². The van der Waals surface area contributed by atoms with Gasteiger partial charge >= 0.3 is 5.97 Å². The van der Waals surface area contributed by atoms with Crippen molar-refractivity contribution in [2.75, 3.05) is 5.32 Å². The smallest absolute Gasteiger partial charge is 0.308 e. The van der Waals surface area contributed by atoms with Crippen LogP contribution in [0.25, 0.3) is 0 Å². The molecule has 6 nitrogen and oxygen atoms in total. The van der Waals surface area contributed by atoms with Crippen LogP contribution in [0.15, 0.2) is 12.1 Å². The summed E-state index contributed by atoms with van der Waals surface area (Å²) >= 11 is 0. The van der Waals surface area contributed by atoms with Gasteiger partial charge in [-0.25, -0.2) is 0 Å². The standard InChI is InChI=1S/C19H23N3O3/c1-6-22-12(4)17-15(9-16(24)20-19(17)21-22)14-7-10(2)18(11(3)8-14)25-13(5)23/h7-8,15H,6,9H2,1-5H3,(H,20,21,24). The number of aromatic nitrogens is 2. The zero-order valence-corrected chi connectivity index (χ0v) is 15.3. The zero-order chi connectivity index (χ0) is 18.3. The fourth-order valence-electron chi connectivity index (χ4n) is 3.62. The third kappa shape index (κ3) is 3.04. The number of esters is 1. The summed E-state index contributed by atoms with van der Waals surface area (Å²) in [6, 6.07) is 4.00. The molecule has 1 amide bonds. The summed E-state index contributed by atoms with van der Waals surface area (Å²) in [5, 5.41) is 7.39. The molecule has 1 atom stereocenters. The normalized spacial score (nSPS) is 16.4. The molecule has 2 heterocycles. The second-order valence-electron chi connectivity index (χ2n) is 6.55. The quantitative estimate of drug-likeness (QED) is 0.687. The second-order valence-corrected chi connectivity index (χ2v) is 6.55. The first-order valence-electron chi connectivity index (χ1n) is 8.48. The van der Waals surface area contributed by atoms with Gasteiger partial charge in [0.1, 0.15) is 5.75 Å². The lowest BCUT2D eigenvalue weighted by atomic mass is 9.84. The molecule has 1 N–H and O–H groups in total. The monoisotopic (exact) mass is 341 g/mol. The third-order valence-electron chi connectivity index (χ3n) is 4.68. The Morgan fingerprint density at radius 3 is 2.52 bits per heavy atom. The second kappa shape index (κ2) is 6.35. The number of nitrogens with zero attached hydrogens (tertiary/aromatic N) is 2. The van der Waals surface area contributed by atoms with E-state index in [1.54, 1.807) is 0 Å². The molecule has 0 aliphatic carbocycles. The van der Waals surface area contributed by atoms with E-state index in [0.29, 0.717) is 18.0 Å². The van der Waals surface area contributed by atoms with Crippen LogP contribution in [0.4, 0.5) is 5.82 Å². The minimum Gasteiger partial charge on any atom is -0.426 e. The fraction of sp³-hybridized carbons (Fsp3) is 0.421. The number of aryl methyl sites for hydroxylation is 3. The molecule has 1 aliphatic heterocycles. The predicted molar refractivity (Wildman–Crippen MR) is 95.0 cm³/mol. The molecule has 1 aromatic carbocycles. The van der Waals surface area contributed by atoms with Crippen molar-refractivity contribution in [2.24, 2.45) is 0 Å². The van der Waals surface area contributed by atoms with Crippen LogP contribution in [0, 0.1) is 20.8 Å². The maximum atomic E-state index is 12.2. The van der Waals surface area contributed by atoms with E-state index < -0.39 is 0 Å². The van der Waals surface area contributed by atoms with Crippen molar-refractivity contribution in [3.63, 3.8) is 0 Å². The lowest BCUT2D eigenvalue weighted by molar-refractivity contribution is -0.132. The molecule has 0 bridgehead atoms. The Morgan fingerprint density at radius 1 is 1.32 bits per heavy atom. The highest BCUT2D eigenvalue weighted by molar-refractivity contribution is 5.94. The molecule has 1 aromatic heterocycles. The molecule has 25 heavy (non-hydrogen) atoms. The number of hydrogen-bond acceptors (Lipinski definition) is 4. The summed E-state index contributed by atoms with van der Waals surface area (Å²) < 4.78 is 7.23. The highest BCUT2D eigenvalue weighted by Gasteiger charge is 2.32. The minimum atomic E-state index is -0.335. The summed E-state index contributed by atoms with van der Waals surface area (Å²) in [5.41, 5.74) is 4.96. The van der Waals surface area contributed by atoms with Gasteiger partial charge in [-0.05, 0) is 44.4 Å². The highest BCUT2D eigenvalue weighted by Crippen LogP contribution is 2.40. The van der Waals surface area contributed by atoms with Gasteiger partial charge in [-0.3, -0.25) is 14.3 Å². The van der Waals surface area contributed by atoms with E-state index in [4.69, 9.17) is 4.74 Å². The van der Waals surface area contributed by atoms with Gasteiger partial charge in [-0.1, -0.05) is 12.1 Å². The average molecular weight is 341 g/mol. The summed E-state index contributed by atoms with van der Waals surface area (Å²) in [7, 11) is 0. The predicted octanol–water partition coefficient (Wildman–Crippen LogP) is 3.23. The third-order valence-corrected chi connectivity index (χ3v) is 4.68. The van der Waals surface area contributed by atoms with Crippen LogP contribution in [0.5, 0.6) is 5.75 Å². The molecule has 1 unspecified atom stereocenters. The van der Waals surface area contributed by atoms with Crippen LogP contribution in [0.3, 0.4) is 0 Å². The molecule has 1 aliphatic rings. The Kier molecular flexibility index (Phi) is 4.37. The lowest BCUT2D eigenvalue weighted by Crippen LogP contribution is -2.23. The number of ether oxygens (including phenoxy) is 1. The van der Waals surface area contributed by atoms with E-state index in [0.717, 1.165) is 34.5 Å². The number of nitrogens with one attached hydrogen (secondary N) is 1. The summed E-state index contributed by atoms with van der Waals surface area (Å²) in [6.07, 6.45) is 0.384. The Morgan fingerprint density at radius 2 is 1.96 bits per heavy atom. The molecular formula is C19H23N3O3. The first-order chi connectivity index (χ1) is 11.8. The largest absolute Gasteiger partial charge is 0.426 e. The van der Waals surface area contributed by atoms with Crippen molar-refractivity contribution in [3.8, 4) is 5.75 Å². The first kappa shape index (κ1) is 17.2. The Labute approximate surface area is 147 Å². The van der Waals surface area contributed by atoms with Gasteiger partial charge in [0.05, 0.1) is 0 Å². The Hall–Kier alpha value is -2.63. The molecule has 132 valence electrons. The Balaban J connectivity index is 2.10. The topological polar surface area (TPSA) is 73.2 Å². The van der Waals surface area contributed by atoms with E-state index in [2.05, 4.69) is 10.4 Å². The number of fused-ring (bicyclic) bond motifs is 1. The van der Waals surface area contributed by atoms with Gasteiger partial charge in [0.15, 0.2) is 5.82 Å². The molecule has 0 fully saturated rings. The van der Waals surface area contributed by atoms with Crippen molar-refractivity contribution in [1.82, 2.24) is 9.78 Å². The van der Waals surface area contributed by atoms with E-state index in [1.807, 2.05) is 44.5 Å². The van der Waals surface area contributed by atoms with Crippen LogP contribution in [0.1, 0.15) is 54.1 Å².